The zero-order valence-electron chi connectivity index (χ0n) is 7.80. The van der Waals surface area contributed by atoms with Crippen molar-refractivity contribution in [1.82, 2.24) is 10.2 Å². The highest BCUT2D eigenvalue weighted by Crippen LogP contribution is 2.22. The number of hydrogen-bond donors (Lipinski definition) is 1. The third-order valence-corrected chi connectivity index (χ3v) is 2.19. The third-order valence-electron chi connectivity index (χ3n) is 1.97. The lowest BCUT2D eigenvalue weighted by Gasteiger charge is -2.02. The van der Waals surface area contributed by atoms with E-state index >= 15 is 0 Å². The maximum Gasteiger partial charge on any atom is 0.161 e. The lowest BCUT2D eigenvalue weighted by atomic mass is 10.1. The van der Waals surface area contributed by atoms with Gasteiger partial charge in [0.2, 0.25) is 0 Å². The Labute approximate surface area is 93.8 Å². The van der Waals surface area contributed by atoms with Crippen molar-refractivity contribution in [2.24, 2.45) is 0 Å². The fourth-order valence-corrected chi connectivity index (χ4v) is 1.33. The van der Waals surface area contributed by atoms with Gasteiger partial charge in [-0.05, 0) is 18.2 Å². The summed E-state index contributed by atoms with van der Waals surface area (Å²) in [6, 6.07) is 4.14. The first-order valence-corrected chi connectivity index (χ1v) is 4.69. The highest BCUT2D eigenvalue weighted by Gasteiger charge is 2.12. The molecule has 1 heterocycles. The Morgan fingerprint density at radius 1 is 1.00 bits per heavy atom. The molecule has 82 valence electrons. The largest absolute Gasteiger partial charge is 0.267 e. The van der Waals surface area contributed by atoms with Gasteiger partial charge in [0.05, 0.1) is 5.69 Å². The van der Waals surface area contributed by atoms with Gasteiger partial charge in [-0.15, -0.1) is 0 Å². The van der Waals surface area contributed by atoms with Crippen LogP contribution in [0.25, 0.3) is 11.3 Å². The molecule has 16 heavy (non-hydrogen) atoms. The lowest BCUT2D eigenvalue weighted by molar-refractivity contribution is 0.496. The van der Waals surface area contributed by atoms with Gasteiger partial charge < -0.3 is 0 Å². The second-order valence-electron chi connectivity index (χ2n) is 3.05. The van der Waals surface area contributed by atoms with Gasteiger partial charge in [0.1, 0.15) is 10.5 Å². The molecule has 1 aromatic heterocycles. The van der Waals surface area contributed by atoms with Crippen molar-refractivity contribution in [3.8, 4) is 11.3 Å². The molecular formula is C10H5F3N2S. The van der Waals surface area contributed by atoms with Gasteiger partial charge in [-0.2, -0.15) is 5.10 Å². The SMILES string of the molecule is Fc1cc(F)c(-c2ccc(=S)[nH]n2)cc1F. The van der Waals surface area contributed by atoms with Crippen LogP contribution in [0.5, 0.6) is 0 Å². The number of hydrogen-bond acceptors (Lipinski definition) is 2. The summed E-state index contributed by atoms with van der Waals surface area (Å²) >= 11 is 4.76. The number of halogens is 3. The van der Waals surface area contributed by atoms with Crippen molar-refractivity contribution in [2.45, 2.75) is 0 Å². The summed E-state index contributed by atoms with van der Waals surface area (Å²) in [5, 5.41) is 6.16. The fraction of sp³-hybridized carbons (Fsp3) is 0. The molecule has 0 saturated carbocycles. The number of nitrogens with zero attached hydrogens (tertiary/aromatic N) is 1. The van der Waals surface area contributed by atoms with Crippen molar-refractivity contribution in [1.29, 1.82) is 0 Å². The van der Waals surface area contributed by atoms with E-state index in [-0.39, 0.29) is 11.3 Å². The standard InChI is InChI=1S/C10H5F3N2S/c11-6-4-8(13)7(12)3-5(6)9-1-2-10(16)15-14-9/h1-4H,(H,15,16). The molecule has 0 atom stereocenters. The van der Waals surface area contributed by atoms with Crippen molar-refractivity contribution < 1.29 is 13.2 Å². The van der Waals surface area contributed by atoms with E-state index in [4.69, 9.17) is 12.2 Å². The van der Waals surface area contributed by atoms with Crippen LogP contribution < -0.4 is 0 Å². The molecule has 0 fully saturated rings. The molecule has 2 nitrogen and oxygen atoms in total. The average Bonchev–Trinajstić information content (AvgIpc) is 2.25. The van der Waals surface area contributed by atoms with Gasteiger partial charge in [0, 0.05) is 11.6 Å². The second-order valence-corrected chi connectivity index (χ2v) is 3.49. The van der Waals surface area contributed by atoms with Gasteiger partial charge in [-0.25, -0.2) is 13.2 Å². The van der Waals surface area contributed by atoms with E-state index in [2.05, 4.69) is 10.2 Å². The molecule has 0 saturated heterocycles. The topological polar surface area (TPSA) is 28.7 Å². The summed E-state index contributed by atoms with van der Waals surface area (Å²) < 4.78 is 39.3. The highest BCUT2D eigenvalue weighted by atomic mass is 32.1. The molecule has 0 radical (unpaired) electrons. The summed E-state index contributed by atoms with van der Waals surface area (Å²) in [4.78, 5) is 0. The Morgan fingerprint density at radius 3 is 2.31 bits per heavy atom. The van der Waals surface area contributed by atoms with Crippen molar-refractivity contribution in [2.75, 3.05) is 0 Å². The Kier molecular flexibility index (Phi) is 2.74. The minimum absolute atomic E-state index is 0.120. The van der Waals surface area contributed by atoms with Crippen LogP contribution in [-0.4, -0.2) is 10.2 Å². The monoisotopic (exact) mass is 242 g/mol. The summed E-state index contributed by atoms with van der Waals surface area (Å²) in [5.41, 5.74) is 0.0372. The molecule has 1 aromatic carbocycles. The van der Waals surface area contributed by atoms with E-state index in [0.29, 0.717) is 10.7 Å². The van der Waals surface area contributed by atoms with Crippen LogP contribution in [-0.2, 0) is 0 Å². The zero-order valence-corrected chi connectivity index (χ0v) is 8.62. The minimum Gasteiger partial charge on any atom is -0.267 e. The summed E-state index contributed by atoms with van der Waals surface area (Å²) in [7, 11) is 0. The summed E-state index contributed by atoms with van der Waals surface area (Å²) in [6.45, 7) is 0. The average molecular weight is 242 g/mol. The normalized spacial score (nSPS) is 10.4. The molecule has 0 unspecified atom stereocenters. The lowest BCUT2D eigenvalue weighted by Crippen LogP contribution is -1.94. The Hall–Kier alpha value is -1.69. The van der Waals surface area contributed by atoms with Gasteiger partial charge in [0.15, 0.2) is 11.6 Å². The predicted octanol–water partition coefficient (Wildman–Crippen LogP) is 3.22. The van der Waals surface area contributed by atoms with E-state index in [1.807, 2.05) is 0 Å². The number of H-pyrrole nitrogens is 1. The molecule has 2 rings (SSSR count). The quantitative estimate of drug-likeness (QED) is 0.614. The number of aromatic nitrogens is 2. The second kappa shape index (κ2) is 4.05. The Morgan fingerprint density at radius 2 is 1.69 bits per heavy atom. The number of nitrogens with one attached hydrogen (secondary N) is 1. The molecule has 0 aliphatic heterocycles. The molecule has 1 N–H and O–H groups in total. The van der Waals surface area contributed by atoms with Gasteiger partial charge >= 0.3 is 0 Å². The van der Waals surface area contributed by atoms with Crippen LogP contribution in [0.15, 0.2) is 24.3 Å². The maximum absolute atomic E-state index is 13.3. The Bertz CT molecular complexity index is 575. The first kappa shape index (κ1) is 10.8. The van der Waals surface area contributed by atoms with Crippen molar-refractivity contribution in [3.63, 3.8) is 0 Å². The highest BCUT2D eigenvalue weighted by molar-refractivity contribution is 7.71. The third kappa shape index (κ3) is 1.96. The van der Waals surface area contributed by atoms with Crippen LogP contribution in [0, 0.1) is 22.1 Å². The molecule has 0 aliphatic rings. The summed E-state index contributed by atoms with van der Waals surface area (Å²) in [5.74, 6) is -3.23. The predicted molar refractivity (Wildman–Crippen MR) is 54.7 cm³/mol. The molecule has 0 spiro atoms. The zero-order chi connectivity index (χ0) is 11.7. The van der Waals surface area contributed by atoms with Crippen LogP contribution in [0.3, 0.4) is 0 Å². The smallest absolute Gasteiger partial charge is 0.161 e. The van der Waals surface area contributed by atoms with Crippen LogP contribution >= 0.6 is 12.2 Å². The Balaban J connectivity index is 2.60. The van der Waals surface area contributed by atoms with E-state index in [0.717, 1.165) is 6.07 Å². The molecule has 6 heteroatoms. The molecule has 2 aromatic rings. The number of benzene rings is 1. The minimum atomic E-state index is -1.23. The van der Waals surface area contributed by atoms with Gasteiger partial charge in [-0.3, -0.25) is 5.10 Å². The van der Waals surface area contributed by atoms with E-state index in [9.17, 15) is 13.2 Å². The number of aromatic amines is 1. The fourth-order valence-electron chi connectivity index (χ4n) is 1.21. The van der Waals surface area contributed by atoms with E-state index in [1.165, 1.54) is 12.1 Å². The first-order chi connectivity index (χ1) is 7.58. The van der Waals surface area contributed by atoms with Crippen LogP contribution in [0.4, 0.5) is 13.2 Å². The molecule has 0 aliphatic carbocycles. The van der Waals surface area contributed by atoms with Crippen LogP contribution in [0.1, 0.15) is 0 Å². The van der Waals surface area contributed by atoms with E-state index < -0.39 is 17.5 Å². The number of rotatable bonds is 1. The first-order valence-electron chi connectivity index (χ1n) is 4.28. The maximum atomic E-state index is 13.3. The van der Waals surface area contributed by atoms with Crippen molar-refractivity contribution >= 4 is 12.2 Å². The summed E-state index contributed by atoms with van der Waals surface area (Å²) in [6.07, 6.45) is 0. The van der Waals surface area contributed by atoms with Crippen LogP contribution in [0.2, 0.25) is 0 Å². The van der Waals surface area contributed by atoms with E-state index in [1.54, 1.807) is 0 Å². The molecule has 0 amide bonds. The van der Waals surface area contributed by atoms with Gasteiger partial charge in [-0.1, -0.05) is 12.2 Å². The molecular weight excluding hydrogens is 237 g/mol. The molecule has 0 bridgehead atoms. The van der Waals surface area contributed by atoms with Gasteiger partial charge in [0.25, 0.3) is 0 Å². The van der Waals surface area contributed by atoms with Crippen molar-refractivity contribution in [3.05, 3.63) is 46.4 Å².